The molecular weight excluding hydrogens is 736 g/mol. The van der Waals surface area contributed by atoms with Crippen molar-refractivity contribution < 1.29 is 36.6 Å². The Labute approximate surface area is 301 Å². The molecule has 0 fully saturated rings. The fraction of sp³-hybridized carbons (Fsp3) is 0. The number of aromatic carboxylic acids is 2. The van der Waals surface area contributed by atoms with Crippen molar-refractivity contribution in [3.05, 3.63) is 131 Å². The number of carbonyl (C=O) groups is 2. The third-order valence-corrected chi connectivity index (χ3v) is 10.9. The second kappa shape index (κ2) is 13.9. The molecule has 0 heterocycles. The molecule has 0 spiro atoms. The van der Waals surface area contributed by atoms with E-state index in [1.165, 1.54) is 60.7 Å². The van der Waals surface area contributed by atoms with E-state index in [1.54, 1.807) is 48.5 Å². The van der Waals surface area contributed by atoms with Gasteiger partial charge in [-0.1, -0.05) is 41.9 Å². The van der Waals surface area contributed by atoms with Crippen LogP contribution in [0.15, 0.2) is 125 Å². The lowest BCUT2D eigenvalue weighted by molar-refractivity contribution is 0.0686. The van der Waals surface area contributed by atoms with Crippen LogP contribution in [0.25, 0.3) is 21.5 Å². The number of thiocarbonyl (C=S) groups is 1. The van der Waals surface area contributed by atoms with Gasteiger partial charge in [-0.2, -0.15) is 0 Å². The summed E-state index contributed by atoms with van der Waals surface area (Å²) in [4.78, 5) is 22.6. The van der Waals surface area contributed by atoms with Crippen molar-refractivity contribution in [2.24, 2.45) is 0 Å². The number of hydrogen-bond acceptors (Lipinski definition) is 7. The smallest absolute Gasteiger partial charge is 0.337 e. The highest BCUT2D eigenvalue weighted by molar-refractivity contribution is 7.93. The topological polar surface area (TPSA) is 191 Å². The summed E-state index contributed by atoms with van der Waals surface area (Å²) in [5.74, 6) is -2.48. The van der Waals surface area contributed by atoms with E-state index in [0.29, 0.717) is 22.1 Å². The Hall–Kier alpha value is -5.74. The molecule has 0 bridgehead atoms. The molecule has 0 aliphatic carbocycles. The second-order valence-corrected chi connectivity index (χ2v) is 15.3. The number of carboxylic acids is 2. The van der Waals surface area contributed by atoms with Crippen molar-refractivity contribution in [2.75, 3.05) is 20.1 Å². The third-order valence-electron chi connectivity index (χ3n) is 7.57. The minimum Gasteiger partial charge on any atom is -0.478 e. The zero-order valence-electron chi connectivity index (χ0n) is 25.9. The molecule has 0 unspecified atom stereocenters. The molecule has 6 rings (SSSR count). The molecule has 6 N–H and O–H groups in total. The highest BCUT2D eigenvalue weighted by Crippen LogP contribution is 2.28. The summed E-state index contributed by atoms with van der Waals surface area (Å²) < 4.78 is 57.4. The van der Waals surface area contributed by atoms with Crippen molar-refractivity contribution in [3.63, 3.8) is 0 Å². The minimum atomic E-state index is -4.10. The van der Waals surface area contributed by atoms with Crippen molar-refractivity contribution >= 4 is 105 Å². The SMILES string of the molecule is O=C(O)c1cccc(NS(=O)(=O)c2ccc3ccc(NC(=S)Nc4ccc5ccc(S(=O)(=O)Nc6ccc(Cl)c(C(=O)O)c6)cc5c4)cc3c2)c1. The highest BCUT2D eigenvalue weighted by Gasteiger charge is 2.18. The summed E-state index contributed by atoms with van der Waals surface area (Å²) in [6.07, 6.45) is 0. The monoisotopic (exact) mass is 760 g/mol. The van der Waals surface area contributed by atoms with E-state index in [0.717, 1.165) is 16.8 Å². The predicted octanol–water partition coefficient (Wildman–Crippen LogP) is 7.45. The van der Waals surface area contributed by atoms with E-state index in [-0.39, 0.29) is 42.4 Å². The number of anilines is 4. The molecule has 258 valence electrons. The molecule has 0 aromatic heterocycles. The largest absolute Gasteiger partial charge is 0.478 e. The summed E-state index contributed by atoms with van der Waals surface area (Å²) in [6, 6.07) is 29.0. The number of halogens is 1. The van der Waals surface area contributed by atoms with E-state index in [9.17, 15) is 36.6 Å². The van der Waals surface area contributed by atoms with Crippen LogP contribution in [0.1, 0.15) is 20.7 Å². The molecule has 0 saturated carbocycles. The summed E-state index contributed by atoms with van der Waals surface area (Å²) in [7, 11) is -8.14. The van der Waals surface area contributed by atoms with Gasteiger partial charge in [0.15, 0.2) is 5.11 Å². The minimum absolute atomic E-state index is 0.0268. The van der Waals surface area contributed by atoms with Crippen LogP contribution in [0.3, 0.4) is 0 Å². The molecule has 6 aromatic rings. The van der Waals surface area contributed by atoms with E-state index in [4.69, 9.17) is 23.8 Å². The summed E-state index contributed by atoms with van der Waals surface area (Å²) in [5, 5.41) is 27.5. The van der Waals surface area contributed by atoms with Crippen molar-refractivity contribution in [3.8, 4) is 0 Å². The molecule has 0 amide bonds. The first-order valence-corrected chi connectivity index (χ1v) is 18.5. The Kier molecular flexibility index (Phi) is 9.55. The Morgan fingerprint density at radius 3 is 1.55 bits per heavy atom. The van der Waals surface area contributed by atoms with Gasteiger partial charge in [0, 0.05) is 22.7 Å². The van der Waals surface area contributed by atoms with Gasteiger partial charge in [-0.15, -0.1) is 0 Å². The lowest BCUT2D eigenvalue weighted by Crippen LogP contribution is -2.19. The van der Waals surface area contributed by atoms with Gasteiger partial charge in [0.25, 0.3) is 20.0 Å². The van der Waals surface area contributed by atoms with Crippen molar-refractivity contribution in [2.45, 2.75) is 9.79 Å². The van der Waals surface area contributed by atoms with Gasteiger partial charge in [0.05, 0.1) is 25.9 Å². The van der Waals surface area contributed by atoms with Crippen molar-refractivity contribution in [1.29, 1.82) is 0 Å². The number of sulfonamides is 2. The average Bonchev–Trinajstić information content (AvgIpc) is 3.08. The number of rotatable bonds is 10. The Morgan fingerprint density at radius 2 is 1.04 bits per heavy atom. The van der Waals surface area contributed by atoms with Crippen LogP contribution in [-0.2, 0) is 20.0 Å². The zero-order chi connectivity index (χ0) is 36.5. The molecule has 16 heteroatoms. The number of nitrogens with one attached hydrogen (secondary N) is 4. The van der Waals surface area contributed by atoms with Crippen LogP contribution >= 0.6 is 23.8 Å². The van der Waals surface area contributed by atoms with E-state index < -0.39 is 32.0 Å². The highest BCUT2D eigenvalue weighted by atomic mass is 35.5. The first-order chi connectivity index (χ1) is 24.2. The standard InChI is InChI=1S/C35H25ClN4O8S3/c36-32-13-10-28(19-31(32)34(43)44)40-51(47,48)30-12-7-21-5-9-26(16-24(21)18-30)38-35(49)37-25-8-4-20-6-11-29(17-23(20)15-25)50(45,46)39-27-3-1-2-22(14-27)33(41)42/h1-19,39-40H,(H,41,42)(H,43,44)(H2,37,38,49). The second-order valence-electron chi connectivity index (χ2n) is 11.1. The fourth-order valence-corrected chi connectivity index (χ4v) is 7.73. The molecule has 0 atom stereocenters. The van der Waals surface area contributed by atoms with Gasteiger partial charge < -0.3 is 20.8 Å². The lowest BCUT2D eigenvalue weighted by atomic mass is 10.1. The molecular formula is C35H25ClN4O8S3. The summed E-state index contributed by atoms with van der Waals surface area (Å²) in [5.41, 5.74) is 0.960. The number of fused-ring (bicyclic) bond motifs is 2. The van der Waals surface area contributed by atoms with Crippen LogP contribution in [0, 0.1) is 0 Å². The van der Waals surface area contributed by atoms with Gasteiger partial charge >= 0.3 is 11.9 Å². The van der Waals surface area contributed by atoms with Crippen molar-refractivity contribution in [1.82, 2.24) is 0 Å². The Bertz CT molecular complexity index is 2630. The molecule has 51 heavy (non-hydrogen) atoms. The average molecular weight is 761 g/mol. The number of benzene rings is 6. The Balaban J connectivity index is 1.17. The van der Waals surface area contributed by atoms with Gasteiger partial charge in [-0.05, 0) is 119 Å². The normalized spacial score (nSPS) is 11.5. The van der Waals surface area contributed by atoms with Gasteiger partial charge in [0.1, 0.15) is 0 Å². The summed E-state index contributed by atoms with van der Waals surface area (Å²) in [6.45, 7) is 0. The van der Waals surface area contributed by atoms with E-state index >= 15 is 0 Å². The van der Waals surface area contributed by atoms with Crippen LogP contribution in [0.2, 0.25) is 5.02 Å². The maximum absolute atomic E-state index is 13.2. The van der Waals surface area contributed by atoms with Crippen LogP contribution < -0.4 is 20.1 Å². The quantitative estimate of drug-likeness (QED) is 0.0760. The van der Waals surface area contributed by atoms with Crippen LogP contribution in [0.5, 0.6) is 0 Å². The number of hydrogen-bond donors (Lipinski definition) is 6. The van der Waals surface area contributed by atoms with Gasteiger partial charge in [0.2, 0.25) is 0 Å². The molecule has 12 nitrogen and oxygen atoms in total. The maximum Gasteiger partial charge on any atom is 0.337 e. The Morgan fingerprint density at radius 1 is 0.549 bits per heavy atom. The molecule has 0 aliphatic rings. The first-order valence-electron chi connectivity index (χ1n) is 14.7. The molecule has 0 aliphatic heterocycles. The zero-order valence-corrected chi connectivity index (χ0v) is 29.1. The predicted molar refractivity (Wildman–Crippen MR) is 201 cm³/mol. The first kappa shape index (κ1) is 35.1. The third kappa shape index (κ3) is 8.02. The number of carboxylic acid groups (broad SMARTS) is 2. The molecule has 6 aromatic carbocycles. The van der Waals surface area contributed by atoms with Crippen LogP contribution in [0.4, 0.5) is 22.7 Å². The van der Waals surface area contributed by atoms with Gasteiger partial charge in [-0.25, -0.2) is 26.4 Å². The van der Waals surface area contributed by atoms with Crippen LogP contribution in [-0.4, -0.2) is 44.1 Å². The summed E-state index contributed by atoms with van der Waals surface area (Å²) >= 11 is 11.4. The van der Waals surface area contributed by atoms with E-state index in [1.807, 2.05) is 0 Å². The lowest BCUT2D eigenvalue weighted by Gasteiger charge is -2.13. The fourth-order valence-electron chi connectivity index (χ4n) is 5.13. The van der Waals surface area contributed by atoms with E-state index in [2.05, 4.69) is 20.1 Å². The molecule has 0 radical (unpaired) electrons. The molecule has 0 saturated heterocycles. The van der Waals surface area contributed by atoms with Gasteiger partial charge in [-0.3, -0.25) is 9.44 Å². The maximum atomic E-state index is 13.2.